The van der Waals surface area contributed by atoms with Crippen LogP contribution in [0.4, 0.5) is 0 Å². The molecule has 0 aromatic heterocycles. The normalized spacial score (nSPS) is 35.1. The van der Waals surface area contributed by atoms with Gasteiger partial charge >= 0.3 is 0 Å². The van der Waals surface area contributed by atoms with Gasteiger partial charge in [-0.25, -0.2) is 0 Å². The Balaban J connectivity index is 1.56. The van der Waals surface area contributed by atoms with Crippen LogP contribution in [0.2, 0.25) is 0 Å². The van der Waals surface area contributed by atoms with E-state index < -0.39 is 0 Å². The molecule has 1 aromatic rings. The largest absolute Gasteiger partial charge is 0.497 e. The topological polar surface area (TPSA) is 32.8 Å². The lowest BCUT2D eigenvalue weighted by molar-refractivity contribution is -0.139. The van der Waals surface area contributed by atoms with Gasteiger partial charge < -0.3 is 9.64 Å². The number of likely N-dealkylation sites (N-methyl/N-ethyl adjacent to an activating group) is 1. The zero-order chi connectivity index (χ0) is 16.9. The second-order valence-electron chi connectivity index (χ2n) is 8.07. The standard InChI is InChI=1S/C20H28N2O2/c1-20-12-15-13-22(18(20)9-5-8-17(20)21(15)2)19(23)11-14-6-4-7-16(10-14)24-3/h4,6-7,10,15,17-18H,5,8-9,11-13H2,1-3H3/t15-,17-,18+,20-/m0/s1. The van der Waals surface area contributed by atoms with Gasteiger partial charge in [0.05, 0.1) is 13.5 Å². The number of carbonyl (C=O) groups excluding carboxylic acids is 1. The van der Waals surface area contributed by atoms with E-state index in [4.69, 9.17) is 4.74 Å². The molecule has 3 fully saturated rings. The Morgan fingerprint density at radius 1 is 1.33 bits per heavy atom. The second-order valence-corrected chi connectivity index (χ2v) is 8.07. The molecule has 2 heterocycles. The van der Waals surface area contributed by atoms with E-state index >= 15 is 0 Å². The van der Waals surface area contributed by atoms with Crippen molar-refractivity contribution in [2.75, 3.05) is 20.7 Å². The number of hydrogen-bond donors (Lipinski definition) is 0. The molecule has 4 heteroatoms. The molecule has 0 N–H and O–H groups in total. The average molecular weight is 328 g/mol. The number of fused-ring (bicyclic) bond motifs is 1. The SMILES string of the molecule is COc1cccc(CC(=O)N2C[C@@H]3C[C@@]4(C)[C@H](CCC[C@@H]24)N3C)c1. The van der Waals surface area contributed by atoms with Crippen LogP contribution >= 0.6 is 0 Å². The highest BCUT2D eigenvalue weighted by molar-refractivity contribution is 5.79. The smallest absolute Gasteiger partial charge is 0.227 e. The summed E-state index contributed by atoms with van der Waals surface area (Å²) < 4.78 is 5.29. The number of methoxy groups -OCH3 is 1. The molecule has 0 spiro atoms. The van der Waals surface area contributed by atoms with Crippen LogP contribution in [-0.2, 0) is 11.2 Å². The van der Waals surface area contributed by atoms with Crippen LogP contribution in [0.15, 0.2) is 24.3 Å². The van der Waals surface area contributed by atoms with Crippen molar-refractivity contribution >= 4 is 5.91 Å². The van der Waals surface area contributed by atoms with E-state index in [2.05, 4.69) is 23.8 Å². The van der Waals surface area contributed by atoms with Gasteiger partial charge in [-0.1, -0.05) is 19.1 Å². The van der Waals surface area contributed by atoms with Crippen molar-refractivity contribution in [3.05, 3.63) is 29.8 Å². The van der Waals surface area contributed by atoms with Crippen molar-refractivity contribution < 1.29 is 9.53 Å². The van der Waals surface area contributed by atoms with E-state index in [1.165, 1.54) is 19.3 Å². The number of ether oxygens (including phenoxy) is 1. The Hall–Kier alpha value is -1.55. The molecule has 4 rings (SSSR count). The molecule has 2 saturated heterocycles. The number of hydrogen-bond acceptors (Lipinski definition) is 3. The van der Waals surface area contributed by atoms with Gasteiger partial charge in [0.25, 0.3) is 0 Å². The summed E-state index contributed by atoms with van der Waals surface area (Å²) in [4.78, 5) is 17.9. The van der Waals surface area contributed by atoms with E-state index in [9.17, 15) is 4.79 Å². The highest BCUT2D eigenvalue weighted by Crippen LogP contribution is 2.53. The van der Waals surface area contributed by atoms with Gasteiger partial charge in [-0.2, -0.15) is 0 Å². The first-order valence-electron chi connectivity index (χ1n) is 9.17. The summed E-state index contributed by atoms with van der Waals surface area (Å²) in [5, 5.41) is 0. The predicted octanol–water partition coefficient (Wildman–Crippen LogP) is 2.71. The Kier molecular flexibility index (Phi) is 3.83. The summed E-state index contributed by atoms with van der Waals surface area (Å²) in [5.74, 6) is 1.10. The molecule has 1 aliphatic carbocycles. The maximum absolute atomic E-state index is 13.1. The lowest BCUT2D eigenvalue weighted by Gasteiger charge is -2.50. The van der Waals surface area contributed by atoms with Gasteiger partial charge in [0, 0.05) is 30.1 Å². The number of likely N-dealkylation sites (tertiary alicyclic amines) is 2. The summed E-state index contributed by atoms with van der Waals surface area (Å²) in [5.41, 5.74) is 1.32. The van der Waals surface area contributed by atoms with Gasteiger partial charge in [0.2, 0.25) is 5.91 Å². The Morgan fingerprint density at radius 2 is 2.12 bits per heavy atom. The lowest BCUT2D eigenvalue weighted by Crippen LogP contribution is -2.58. The van der Waals surface area contributed by atoms with Gasteiger partial charge in [0.1, 0.15) is 5.75 Å². The highest BCUT2D eigenvalue weighted by atomic mass is 16.5. The molecule has 1 aromatic carbocycles. The van der Waals surface area contributed by atoms with Crippen molar-refractivity contribution in [2.45, 2.75) is 57.2 Å². The van der Waals surface area contributed by atoms with Crippen LogP contribution in [0.1, 0.15) is 38.2 Å². The van der Waals surface area contributed by atoms with Crippen LogP contribution in [0.3, 0.4) is 0 Å². The summed E-state index contributed by atoms with van der Waals surface area (Å²) >= 11 is 0. The fraction of sp³-hybridized carbons (Fsp3) is 0.650. The van der Waals surface area contributed by atoms with Crippen molar-refractivity contribution in [1.82, 2.24) is 9.80 Å². The molecule has 2 aliphatic heterocycles. The molecule has 0 unspecified atom stereocenters. The Labute approximate surface area is 144 Å². The highest BCUT2D eigenvalue weighted by Gasteiger charge is 2.59. The zero-order valence-electron chi connectivity index (χ0n) is 15.0. The molecule has 24 heavy (non-hydrogen) atoms. The van der Waals surface area contributed by atoms with Gasteiger partial charge in [-0.15, -0.1) is 0 Å². The number of benzene rings is 1. The van der Waals surface area contributed by atoms with Crippen LogP contribution in [0.5, 0.6) is 5.75 Å². The lowest BCUT2D eigenvalue weighted by atomic mass is 9.65. The third-order valence-electron chi connectivity index (χ3n) is 6.81. The summed E-state index contributed by atoms with van der Waals surface area (Å²) in [6.07, 6.45) is 5.42. The molecule has 4 nitrogen and oxygen atoms in total. The van der Waals surface area contributed by atoms with E-state index in [0.29, 0.717) is 24.5 Å². The molecular weight excluding hydrogens is 300 g/mol. The monoisotopic (exact) mass is 328 g/mol. The number of piperidine rings is 1. The number of carbonyl (C=O) groups is 1. The fourth-order valence-electron chi connectivity index (χ4n) is 5.63. The molecule has 1 saturated carbocycles. The van der Waals surface area contributed by atoms with Crippen LogP contribution in [-0.4, -0.2) is 54.5 Å². The third kappa shape index (κ3) is 2.34. The fourth-order valence-corrected chi connectivity index (χ4v) is 5.63. The van der Waals surface area contributed by atoms with Crippen molar-refractivity contribution in [1.29, 1.82) is 0 Å². The molecule has 130 valence electrons. The maximum Gasteiger partial charge on any atom is 0.227 e. The number of amides is 1. The molecule has 3 aliphatic rings. The van der Waals surface area contributed by atoms with E-state index in [0.717, 1.165) is 24.3 Å². The van der Waals surface area contributed by atoms with E-state index in [-0.39, 0.29) is 11.3 Å². The quantitative estimate of drug-likeness (QED) is 0.855. The Bertz CT molecular complexity index is 646. The summed E-state index contributed by atoms with van der Waals surface area (Å²) in [6.45, 7) is 3.32. The maximum atomic E-state index is 13.1. The molecule has 0 radical (unpaired) electrons. The first kappa shape index (κ1) is 15.9. The third-order valence-corrected chi connectivity index (χ3v) is 6.81. The first-order valence-corrected chi connectivity index (χ1v) is 9.17. The molecular formula is C20H28N2O2. The minimum atomic E-state index is 0.278. The number of rotatable bonds is 3. The van der Waals surface area contributed by atoms with Crippen LogP contribution in [0, 0.1) is 5.41 Å². The first-order chi connectivity index (χ1) is 11.5. The second kappa shape index (κ2) is 5.76. The number of nitrogens with zero attached hydrogens (tertiary/aromatic N) is 2. The van der Waals surface area contributed by atoms with Gasteiger partial charge in [-0.05, 0) is 50.4 Å². The van der Waals surface area contributed by atoms with E-state index in [1.54, 1.807) is 7.11 Å². The molecule has 1 amide bonds. The Morgan fingerprint density at radius 3 is 2.92 bits per heavy atom. The van der Waals surface area contributed by atoms with Gasteiger partial charge in [-0.3, -0.25) is 9.69 Å². The summed E-state index contributed by atoms with van der Waals surface area (Å²) in [7, 11) is 3.93. The van der Waals surface area contributed by atoms with Gasteiger partial charge in [0.15, 0.2) is 0 Å². The van der Waals surface area contributed by atoms with Crippen LogP contribution < -0.4 is 4.74 Å². The minimum absolute atomic E-state index is 0.278. The summed E-state index contributed by atoms with van der Waals surface area (Å²) in [6, 6.07) is 9.49. The van der Waals surface area contributed by atoms with Crippen molar-refractivity contribution in [2.24, 2.45) is 5.41 Å². The van der Waals surface area contributed by atoms with Crippen LogP contribution in [0.25, 0.3) is 0 Å². The average Bonchev–Trinajstić information content (AvgIpc) is 2.83. The molecule has 2 bridgehead atoms. The predicted molar refractivity (Wildman–Crippen MR) is 94.1 cm³/mol. The van der Waals surface area contributed by atoms with Crippen molar-refractivity contribution in [3.63, 3.8) is 0 Å². The molecule has 4 atom stereocenters. The van der Waals surface area contributed by atoms with E-state index in [1.807, 2.05) is 24.3 Å². The van der Waals surface area contributed by atoms with Crippen molar-refractivity contribution in [3.8, 4) is 5.75 Å². The minimum Gasteiger partial charge on any atom is -0.497 e. The zero-order valence-corrected chi connectivity index (χ0v) is 15.0.